The highest BCUT2D eigenvalue weighted by Crippen LogP contribution is 2.21. The number of hydrogen-bond acceptors (Lipinski definition) is 4. The summed E-state index contributed by atoms with van der Waals surface area (Å²) < 4.78 is 5.41. The Balaban J connectivity index is 1.93. The Morgan fingerprint density at radius 2 is 1.96 bits per heavy atom. The van der Waals surface area contributed by atoms with Gasteiger partial charge in [-0.15, -0.1) is 0 Å². The molecule has 1 amide bonds. The third-order valence-electron chi connectivity index (χ3n) is 4.14. The molecule has 0 unspecified atom stereocenters. The predicted molar refractivity (Wildman–Crippen MR) is 93.7 cm³/mol. The second-order valence-corrected chi connectivity index (χ2v) is 7.46. The van der Waals surface area contributed by atoms with Gasteiger partial charge in [0.2, 0.25) is 0 Å². The number of nitrogens with zero attached hydrogens (tertiary/aromatic N) is 1. The van der Waals surface area contributed by atoms with Crippen molar-refractivity contribution < 1.29 is 14.3 Å². The van der Waals surface area contributed by atoms with Gasteiger partial charge < -0.3 is 15.4 Å². The van der Waals surface area contributed by atoms with Crippen LogP contribution in [0.25, 0.3) is 0 Å². The number of carbonyl (C=O) groups excluding carboxylic acids is 2. The number of hydrogen-bond donors (Lipinski definition) is 1. The Bertz CT molecular complexity index is 566. The molecular weight excluding hydrogens is 304 g/mol. The summed E-state index contributed by atoms with van der Waals surface area (Å²) in [5.41, 5.74) is 6.64. The number of Topliss-reactive ketones (excluding diaryl/α,β-unsaturated/α-hetero) is 1. The number of rotatable bonds is 4. The molecular formula is C19H28N2O3. The summed E-state index contributed by atoms with van der Waals surface area (Å²) in [6.07, 6.45) is 1.76. The molecule has 0 bridgehead atoms. The molecule has 0 radical (unpaired) electrons. The molecule has 2 N–H and O–H groups in total. The van der Waals surface area contributed by atoms with Crippen LogP contribution >= 0.6 is 0 Å². The maximum atomic E-state index is 12.7. The SMILES string of the molecule is CC(C)(C)OC(=O)N1CCC[C@@H](C(=O)[C@@H](N)Cc2ccccc2)C1. The quantitative estimate of drug-likeness (QED) is 0.920. The minimum Gasteiger partial charge on any atom is -0.444 e. The van der Waals surface area contributed by atoms with Gasteiger partial charge in [0.15, 0.2) is 5.78 Å². The van der Waals surface area contributed by atoms with Gasteiger partial charge in [-0.3, -0.25) is 4.79 Å². The molecule has 5 heteroatoms. The van der Waals surface area contributed by atoms with E-state index in [0.717, 1.165) is 18.4 Å². The maximum Gasteiger partial charge on any atom is 0.410 e. The lowest BCUT2D eigenvalue weighted by Gasteiger charge is -2.34. The molecule has 0 spiro atoms. The molecule has 24 heavy (non-hydrogen) atoms. The second-order valence-electron chi connectivity index (χ2n) is 7.46. The Morgan fingerprint density at radius 1 is 1.29 bits per heavy atom. The molecule has 1 saturated heterocycles. The van der Waals surface area contributed by atoms with Crippen LogP contribution in [0.5, 0.6) is 0 Å². The van der Waals surface area contributed by atoms with E-state index in [1.54, 1.807) is 4.90 Å². The lowest BCUT2D eigenvalue weighted by atomic mass is 9.88. The molecule has 2 rings (SSSR count). The first kappa shape index (κ1) is 18.5. The number of ether oxygens (including phenoxy) is 1. The molecule has 0 saturated carbocycles. The minimum absolute atomic E-state index is 0.0344. The van der Waals surface area contributed by atoms with Crippen molar-refractivity contribution in [1.29, 1.82) is 0 Å². The van der Waals surface area contributed by atoms with Crippen LogP contribution in [0.4, 0.5) is 4.79 Å². The van der Waals surface area contributed by atoms with Gasteiger partial charge in [-0.05, 0) is 45.6 Å². The fraction of sp³-hybridized carbons (Fsp3) is 0.579. The molecule has 5 nitrogen and oxygen atoms in total. The standard InChI is InChI=1S/C19H28N2O3/c1-19(2,3)24-18(23)21-11-7-10-15(13-21)17(22)16(20)12-14-8-5-4-6-9-14/h4-6,8-9,15-16H,7,10-13,20H2,1-3H3/t15-,16+/m1/s1. The van der Waals surface area contributed by atoms with E-state index in [1.807, 2.05) is 51.1 Å². The lowest BCUT2D eigenvalue weighted by Crippen LogP contribution is -2.48. The van der Waals surface area contributed by atoms with Crippen LogP contribution in [0, 0.1) is 5.92 Å². The molecule has 1 heterocycles. The van der Waals surface area contributed by atoms with Crippen LogP contribution in [0.1, 0.15) is 39.2 Å². The first-order valence-electron chi connectivity index (χ1n) is 8.57. The van der Waals surface area contributed by atoms with Crippen molar-refractivity contribution in [3.05, 3.63) is 35.9 Å². The molecule has 0 aliphatic carbocycles. The highest BCUT2D eigenvalue weighted by atomic mass is 16.6. The number of likely N-dealkylation sites (tertiary alicyclic amines) is 1. The van der Waals surface area contributed by atoms with Crippen LogP contribution in [-0.2, 0) is 16.0 Å². The first-order chi connectivity index (χ1) is 11.3. The topological polar surface area (TPSA) is 72.6 Å². The van der Waals surface area contributed by atoms with Crippen LogP contribution in [0.15, 0.2) is 30.3 Å². The summed E-state index contributed by atoms with van der Waals surface area (Å²) in [6, 6.07) is 9.24. The monoisotopic (exact) mass is 332 g/mol. The minimum atomic E-state index is -0.531. The zero-order valence-electron chi connectivity index (χ0n) is 14.8. The highest BCUT2D eigenvalue weighted by Gasteiger charge is 2.32. The summed E-state index contributed by atoms with van der Waals surface area (Å²) in [4.78, 5) is 26.5. The van der Waals surface area contributed by atoms with Crippen molar-refractivity contribution in [2.45, 2.75) is 51.7 Å². The van der Waals surface area contributed by atoms with E-state index in [2.05, 4.69) is 0 Å². The van der Waals surface area contributed by atoms with Crippen molar-refractivity contribution in [2.75, 3.05) is 13.1 Å². The van der Waals surface area contributed by atoms with Crippen LogP contribution in [0.2, 0.25) is 0 Å². The molecule has 1 aromatic rings. The van der Waals surface area contributed by atoms with Crippen LogP contribution in [-0.4, -0.2) is 41.5 Å². The molecule has 1 aliphatic heterocycles. The second kappa shape index (κ2) is 7.79. The first-order valence-corrected chi connectivity index (χ1v) is 8.57. The Labute approximate surface area is 144 Å². The normalized spacial score (nSPS) is 19.7. The average Bonchev–Trinajstić information content (AvgIpc) is 2.53. The Morgan fingerprint density at radius 3 is 2.58 bits per heavy atom. The highest BCUT2D eigenvalue weighted by molar-refractivity contribution is 5.87. The van der Waals surface area contributed by atoms with Gasteiger partial charge >= 0.3 is 6.09 Å². The molecule has 1 aromatic carbocycles. The van der Waals surface area contributed by atoms with Gasteiger partial charge in [-0.2, -0.15) is 0 Å². The van der Waals surface area contributed by atoms with Crippen LogP contribution < -0.4 is 5.73 Å². The summed E-state index contributed by atoms with van der Waals surface area (Å²) in [7, 11) is 0. The van der Waals surface area contributed by atoms with Crippen molar-refractivity contribution in [3.8, 4) is 0 Å². The molecule has 0 aromatic heterocycles. The number of nitrogens with two attached hydrogens (primary N) is 1. The largest absolute Gasteiger partial charge is 0.444 e. The van der Waals surface area contributed by atoms with E-state index in [-0.39, 0.29) is 17.8 Å². The number of ketones is 1. The van der Waals surface area contributed by atoms with Crippen molar-refractivity contribution in [1.82, 2.24) is 4.90 Å². The van der Waals surface area contributed by atoms with Crippen molar-refractivity contribution >= 4 is 11.9 Å². The van der Waals surface area contributed by atoms with Gasteiger partial charge in [-0.1, -0.05) is 30.3 Å². The van der Waals surface area contributed by atoms with E-state index in [0.29, 0.717) is 19.5 Å². The van der Waals surface area contributed by atoms with Gasteiger partial charge in [0.05, 0.1) is 6.04 Å². The van der Waals surface area contributed by atoms with Crippen molar-refractivity contribution in [3.63, 3.8) is 0 Å². The molecule has 1 aliphatic rings. The van der Waals surface area contributed by atoms with Crippen molar-refractivity contribution in [2.24, 2.45) is 11.7 Å². The van der Waals surface area contributed by atoms with Crippen LogP contribution in [0.3, 0.4) is 0 Å². The summed E-state index contributed by atoms with van der Waals surface area (Å²) in [5, 5.41) is 0. The summed E-state index contributed by atoms with van der Waals surface area (Å²) in [6.45, 7) is 6.55. The zero-order chi connectivity index (χ0) is 17.7. The van der Waals surface area contributed by atoms with Gasteiger partial charge in [0.25, 0.3) is 0 Å². The van der Waals surface area contributed by atoms with E-state index >= 15 is 0 Å². The third kappa shape index (κ3) is 5.34. The summed E-state index contributed by atoms with van der Waals surface area (Å²) in [5.74, 6) is -0.169. The zero-order valence-corrected chi connectivity index (χ0v) is 14.8. The van der Waals surface area contributed by atoms with Gasteiger partial charge in [-0.25, -0.2) is 4.79 Å². The number of benzene rings is 1. The number of carbonyl (C=O) groups is 2. The average molecular weight is 332 g/mol. The Hall–Kier alpha value is -1.88. The summed E-state index contributed by atoms with van der Waals surface area (Å²) >= 11 is 0. The maximum absolute atomic E-state index is 12.7. The van der Waals surface area contributed by atoms with E-state index in [1.165, 1.54) is 0 Å². The third-order valence-corrected chi connectivity index (χ3v) is 4.14. The fourth-order valence-corrected chi connectivity index (χ4v) is 2.97. The Kier molecular flexibility index (Phi) is 5.99. The number of piperidine rings is 1. The molecule has 1 fully saturated rings. The predicted octanol–water partition coefficient (Wildman–Crippen LogP) is 2.77. The van der Waals surface area contributed by atoms with E-state index in [9.17, 15) is 9.59 Å². The van der Waals surface area contributed by atoms with Gasteiger partial charge in [0, 0.05) is 19.0 Å². The fourth-order valence-electron chi connectivity index (χ4n) is 2.97. The number of amides is 1. The van der Waals surface area contributed by atoms with Gasteiger partial charge in [0.1, 0.15) is 5.60 Å². The lowest BCUT2D eigenvalue weighted by molar-refractivity contribution is -0.125. The smallest absolute Gasteiger partial charge is 0.410 e. The molecule has 132 valence electrons. The molecule has 2 atom stereocenters. The van der Waals surface area contributed by atoms with E-state index < -0.39 is 11.6 Å². The van der Waals surface area contributed by atoms with E-state index in [4.69, 9.17) is 10.5 Å².